The highest BCUT2D eigenvalue weighted by Gasteiger charge is 2.13. The van der Waals surface area contributed by atoms with Crippen molar-refractivity contribution in [2.45, 2.75) is 13.3 Å². The number of halogens is 1. The second-order valence-corrected chi connectivity index (χ2v) is 5.05. The Morgan fingerprint density at radius 3 is 2.87 bits per heavy atom. The van der Waals surface area contributed by atoms with Gasteiger partial charge in [0, 0.05) is 23.7 Å². The van der Waals surface area contributed by atoms with Gasteiger partial charge < -0.3 is 4.52 Å². The molecule has 4 aromatic rings. The summed E-state index contributed by atoms with van der Waals surface area (Å²) in [6, 6.07) is 9.75. The van der Waals surface area contributed by atoms with Crippen LogP contribution in [0.15, 0.2) is 47.1 Å². The quantitative estimate of drug-likeness (QED) is 0.581. The molecule has 0 bridgehead atoms. The highest BCUT2D eigenvalue weighted by Crippen LogP contribution is 2.23. The summed E-state index contributed by atoms with van der Waals surface area (Å²) in [5.41, 5.74) is 2.08. The standard InChI is InChI=1S/C16H12FN5O/c1-2-13-19-20-14-7-6-11(9-22(13)14)15-18-16(23-21-15)10-4-3-5-12(17)8-10/h3-9H,2H2,1H3. The summed E-state index contributed by atoms with van der Waals surface area (Å²) in [6.07, 6.45) is 2.64. The Labute approximate surface area is 130 Å². The number of nitrogens with zero attached hydrogens (tertiary/aromatic N) is 5. The Balaban J connectivity index is 1.76. The molecule has 0 spiro atoms. The molecule has 0 aliphatic rings. The van der Waals surface area contributed by atoms with Gasteiger partial charge in [-0.05, 0) is 30.3 Å². The van der Waals surface area contributed by atoms with Gasteiger partial charge in [0.25, 0.3) is 5.89 Å². The molecule has 0 N–H and O–H groups in total. The van der Waals surface area contributed by atoms with E-state index in [0.29, 0.717) is 11.4 Å². The van der Waals surface area contributed by atoms with E-state index in [1.807, 2.05) is 29.7 Å². The summed E-state index contributed by atoms with van der Waals surface area (Å²) in [5.74, 6) is 1.22. The van der Waals surface area contributed by atoms with E-state index in [1.165, 1.54) is 12.1 Å². The molecule has 0 aliphatic heterocycles. The number of benzene rings is 1. The van der Waals surface area contributed by atoms with Gasteiger partial charge in [-0.3, -0.25) is 4.40 Å². The fourth-order valence-corrected chi connectivity index (χ4v) is 2.39. The molecular formula is C16H12FN5O. The van der Waals surface area contributed by atoms with Crippen molar-refractivity contribution in [3.05, 3.63) is 54.2 Å². The van der Waals surface area contributed by atoms with Crippen molar-refractivity contribution in [1.29, 1.82) is 0 Å². The van der Waals surface area contributed by atoms with Crippen molar-refractivity contribution < 1.29 is 8.91 Å². The largest absolute Gasteiger partial charge is 0.334 e. The maximum Gasteiger partial charge on any atom is 0.258 e. The Morgan fingerprint density at radius 1 is 1.13 bits per heavy atom. The normalized spacial score (nSPS) is 11.2. The van der Waals surface area contributed by atoms with Crippen molar-refractivity contribution in [2.24, 2.45) is 0 Å². The van der Waals surface area contributed by atoms with Gasteiger partial charge in [-0.25, -0.2) is 4.39 Å². The first-order valence-electron chi connectivity index (χ1n) is 7.18. The molecular weight excluding hydrogens is 297 g/mol. The van der Waals surface area contributed by atoms with Crippen molar-refractivity contribution in [1.82, 2.24) is 24.7 Å². The third kappa shape index (κ3) is 2.36. The zero-order valence-electron chi connectivity index (χ0n) is 12.3. The number of rotatable bonds is 3. The summed E-state index contributed by atoms with van der Waals surface area (Å²) >= 11 is 0. The SMILES string of the molecule is CCc1nnc2ccc(-c3noc(-c4cccc(F)c4)n3)cn12. The van der Waals surface area contributed by atoms with Crippen LogP contribution in [0.2, 0.25) is 0 Å². The highest BCUT2D eigenvalue weighted by atomic mass is 19.1. The van der Waals surface area contributed by atoms with Gasteiger partial charge in [-0.1, -0.05) is 18.1 Å². The number of aryl methyl sites for hydroxylation is 1. The maximum atomic E-state index is 13.3. The molecule has 0 aliphatic carbocycles. The van der Waals surface area contributed by atoms with E-state index in [2.05, 4.69) is 20.3 Å². The Bertz CT molecular complexity index is 991. The van der Waals surface area contributed by atoms with Gasteiger partial charge in [0.15, 0.2) is 5.65 Å². The average Bonchev–Trinajstić information content (AvgIpc) is 3.21. The van der Waals surface area contributed by atoms with E-state index >= 15 is 0 Å². The molecule has 7 heteroatoms. The van der Waals surface area contributed by atoms with E-state index in [9.17, 15) is 4.39 Å². The predicted octanol–water partition coefficient (Wildman–Crippen LogP) is 3.15. The zero-order valence-corrected chi connectivity index (χ0v) is 12.3. The molecule has 23 heavy (non-hydrogen) atoms. The van der Waals surface area contributed by atoms with Gasteiger partial charge >= 0.3 is 0 Å². The van der Waals surface area contributed by atoms with Crippen LogP contribution in [0.5, 0.6) is 0 Å². The summed E-state index contributed by atoms with van der Waals surface area (Å²) in [7, 11) is 0. The summed E-state index contributed by atoms with van der Waals surface area (Å²) in [6.45, 7) is 2.01. The number of fused-ring (bicyclic) bond motifs is 1. The second kappa shape index (κ2) is 5.28. The van der Waals surface area contributed by atoms with Gasteiger partial charge in [0.2, 0.25) is 5.82 Å². The topological polar surface area (TPSA) is 69.1 Å². The number of pyridine rings is 1. The molecule has 3 heterocycles. The summed E-state index contributed by atoms with van der Waals surface area (Å²) < 4.78 is 20.4. The van der Waals surface area contributed by atoms with Crippen LogP contribution in [0.3, 0.4) is 0 Å². The van der Waals surface area contributed by atoms with Crippen LogP contribution in [0.1, 0.15) is 12.7 Å². The van der Waals surface area contributed by atoms with Gasteiger partial charge in [-0.2, -0.15) is 4.98 Å². The first kappa shape index (κ1) is 13.6. The molecule has 0 unspecified atom stereocenters. The first-order chi connectivity index (χ1) is 11.2. The predicted molar refractivity (Wildman–Crippen MR) is 81.1 cm³/mol. The Hall–Kier alpha value is -3.09. The third-order valence-corrected chi connectivity index (χ3v) is 3.54. The van der Waals surface area contributed by atoms with E-state index < -0.39 is 0 Å². The smallest absolute Gasteiger partial charge is 0.258 e. The van der Waals surface area contributed by atoms with E-state index in [-0.39, 0.29) is 11.7 Å². The molecule has 0 fully saturated rings. The molecule has 0 radical (unpaired) electrons. The van der Waals surface area contributed by atoms with Crippen LogP contribution in [-0.2, 0) is 6.42 Å². The molecule has 0 saturated heterocycles. The van der Waals surface area contributed by atoms with Gasteiger partial charge in [-0.15, -0.1) is 10.2 Å². The molecule has 3 aromatic heterocycles. The van der Waals surface area contributed by atoms with Crippen LogP contribution in [-0.4, -0.2) is 24.7 Å². The zero-order chi connectivity index (χ0) is 15.8. The fraction of sp³-hybridized carbons (Fsp3) is 0.125. The average molecular weight is 309 g/mol. The molecule has 4 rings (SSSR count). The monoisotopic (exact) mass is 309 g/mol. The van der Waals surface area contributed by atoms with E-state index in [1.54, 1.807) is 12.1 Å². The van der Waals surface area contributed by atoms with Crippen molar-refractivity contribution in [3.63, 3.8) is 0 Å². The minimum Gasteiger partial charge on any atom is -0.334 e. The third-order valence-electron chi connectivity index (χ3n) is 3.54. The minimum atomic E-state index is -0.347. The maximum absolute atomic E-state index is 13.3. The molecule has 6 nitrogen and oxygen atoms in total. The number of hydrogen-bond acceptors (Lipinski definition) is 5. The van der Waals surface area contributed by atoms with Gasteiger partial charge in [0.05, 0.1) is 0 Å². The summed E-state index contributed by atoms with van der Waals surface area (Å²) in [5, 5.41) is 12.2. The van der Waals surface area contributed by atoms with Crippen molar-refractivity contribution >= 4 is 5.65 Å². The lowest BCUT2D eigenvalue weighted by molar-refractivity contribution is 0.432. The fourth-order valence-electron chi connectivity index (χ4n) is 2.39. The lowest BCUT2D eigenvalue weighted by Crippen LogP contribution is -1.93. The lowest BCUT2D eigenvalue weighted by Gasteiger charge is -1.99. The Morgan fingerprint density at radius 2 is 2.04 bits per heavy atom. The van der Waals surface area contributed by atoms with Crippen LogP contribution >= 0.6 is 0 Å². The van der Waals surface area contributed by atoms with Crippen molar-refractivity contribution in [2.75, 3.05) is 0 Å². The summed E-state index contributed by atoms with van der Waals surface area (Å²) in [4.78, 5) is 4.34. The Kier molecular flexibility index (Phi) is 3.11. The molecule has 0 amide bonds. The van der Waals surface area contributed by atoms with Crippen LogP contribution < -0.4 is 0 Å². The lowest BCUT2D eigenvalue weighted by atomic mass is 10.2. The molecule has 0 atom stereocenters. The molecule has 114 valence electrons. The van der Waals surface area contributed by atoms with Gasteiger partial charge in [0.1, 0.15) is 11.6 Å². The van der Waals surface area contributed by atoms with E-state index in [0.717, 1.165) is 23.5 Å². The minimum absolute atomic E-state index is 0.277. The first-order valence-corrected chi connectivity index (χ1v) is 7.18. The van der Waals surface area contributed by atoms with Crippen LogP contribution in [0, 0.1) is 5.82 Å². The van der Waals surface area contributed by atoms with Crippen LogP contribution in [0.25, 0.3) is 28.5 Å². The molecule has 1 aromatic carbocycles. The van der Waals surface area contributed by atoms with E-state index in [4.69, 9.17) is 4.52 Å². The second-order valence-electron chi connectivity index (χ2n) is 5.05. The number of aromatic nitrogens is 5. The van der Waals surface area contributed by atoms with Crippen molar-refractivity contribution in [3.8, 4) is 22.8 Å². The molecule has 0 saturated carbocycles. The van der Waals surface area contributed by atoms with Crippen LogP contribution in [0.4, 0.5) is 4.39 Å². The number of hydrogen-bond donors (Lipinski definition) is 0. The highest BCUT2D eigenvalue weighted by molar-refractivity contribution is 5.61.